The Labute approximate surface area is 166 Å². The third-order valence-corrected chi connectivity index (χ3v) is 4.29. The molecule has 0 saturated carbocycles. The quantitative estimate of drug-likeness (QED) is 0.430. The summed E-state index contributed by atoms with van der Waals surface area (Å²) in [5.41, 5.74) is 0.281. The number of hydrogen-bond donors (Lipinski definition) is 1. The van der Waals surface area contributed by atoms with Crippen molar-refractivity contribution in [2.45, 2.75) is 19.4 Å². The van der Waals surface area contributed by atoms with Gasteiger partial charge in [0.05, 0.1) is 11.0 Å². The molecule has 0 unspecified atom stereocenters. The van der Waals surface area contributed by atoms with Gasteiger partial charge in [0, 0.05) is 12.6 Å². The highest BCUT2D eigenvalue weighted by Crippen LogP contribution is 2.37. The summed E-state index contributed by atoms with van der Waals surface area (Å²) in [6, 6.07) is 11.9. The van der Waals surface area contributed by atoms with E-state index in [9.17, 15) is 19.7 Å². The Balaban J connectivity index is 1.62. The molecule has 1 N–H and O–H groups in total. The number of nitrogens with zero attached hydrogens (tertiary/aromatic N) is 1. The second kappa shape index (κ2) is 9.05. The minimum atomic E-state index is -1.12. The Morgan fingerprint density at radius 3 is 2.48 bits per heavy atom. The first kappa shape index (κ1) is 20.1. The summed E-state index contributed by atoms with van der Waals surface area (Å²) in [7, 11) is 0. The molecule has 0 radical (unpaired) electrons. The van der Waals surface area contributed by atoms with Gasteiger partial charge in [-0.25, -0.2) is 4.79 Å². The van der Waals surface area contributed by atoms with Gasteiger partial charge in [-0.1, -0.05) is 30.3 Å². The van der Waals surface area contributed by atoms with Gasteiger partial charge in [-0.2, -0.15) is 0 Å². The Hall–Kier alpha value is -3.62. The van der Waals surface area contributed by atoms with Crippen LogP contribution in [0.5, 0.6) is 11.5 Å². The molecule has 152 valence electrons. The van der Waals surface area contributed by atoms with E-state index in [-0.39, 0.29) is 30.3 Å². The van der Waals surface area contributed by atoms with Gasteiger partial charge in [-0.05, 0) is 18.9 Å². The highest BCUT2D eigenvalue weighted by Gasteiger charge is 2.29. The number of carbonyl (C=O) groups excluding carboxylic acids is 2. The summed E-state index contributed by atoms with van der Waals surface area (Å²) >= 11 is 0. The molecule has 0 fully saturated rings. The van der Waals surface area contributed by atoms with Gasteiger partial charge in [0.2, 0.25) is 0 Å². The largest absolute Gasteiger partial charge is 0.486 e. The van der Waals surface area contributed by atoms with E-state index in [4.69, 9.17) is 14.2 Å². The lowest BCUT2D eigenvalue weighted by molar-refractivity contribution is -0.385. The van der Waals surface area contributed by atoms with Crippen LogP contribution in [0, 0.1) is 10.1 Å². The predicted octanol–water partition coefficient (Wildman–Crippen LogP) is 2.27. The molecule has 3 rings (SSSR count). The maximum Gasteiger partial charge on any atom is 0.346 e. The fourth-order valence-corrected chi connectivity index (χ4v) is 2.79. The summed E-state index contributed by atoms with van der Waals surface area (Å²) in [5.74, 6) is -1.08. The first-order valence-electron chi connectivity index (χ1n) is 9.06. The summed E-state index contributed by atoms with van der Waals surface area (Å²) in [5, 5.41) is 14.0. The lowest BCUT2D eigenvalue weighted by Crippen LogP contribution is -2.37. The van der Waals surface area contributed by atoms with E-state index in [2.05, 4.69) is 5.32 Å². The van der Waals surface area contributed by atoms with Gasteiger partial charge in [0.1, 0.15) is 18.8 Å². The van der Waals surface area contributed by atoms with Gasteiger partial charge in [0.15, 0.2) is 17.6 Å². The number of amides is 1. The number of nitro benzene ring substituents is 1. The third kappa shape index (κ3) is 5.01. The van der Waals surface area contributed by atoms with E-state index < -0.39 is 28.6 Å². The number of nitrogens with one attached hydrogen (secondary N) is 1. The minimum absolute atomic E-state index is 0.186. The maximum atomic E-state index is 12.5. The van der Waals surface area contributed by atoms with Crippen LogP contribution in [0.4, 0.5) is 5.69 Å². The van der Waals surface area contributed by atoms with Crippen molar-refractivity contribution in [2.24, 2.45) is 0 Å². The minimum Gasteiger partial charge on any atom is -0.486 e. The van der Waals surface area contributed by atoms with Gasteiger partial charge in [-0.15, -0.1) is 0 Å². The molecule has 1 atom stereocenters. The first-order valence-corrected chi connectivity index (χ1v) is 9.06. The maximum absolute atomic E-state index is 12.5. The second-order valence-electron chi connectivity index (χ2n) is 6.34. The van der Waals surface area contributed by atoms with E-state index in [0.29, 0.717) is 13.0 Å². The molecule has 0 spiro atoms. The summed E-state index contributed by atoms with van der Waals surface area (Å²) in [6.45, 7) is 2.29. The molecule has 2 aromatic carbocycles. The molecular weight excluding hydrogens is 380 g/mol. The number of esters is 1. The fourth-order valence-electron chi connectivity index (χ4n) is 2.79. The number of ether oxygens (including phenoxy) is 3. The number of rotatable bonds is 7. The Bertz CT molecular complexity index is 915. The smallest absolute Gasteiger partial charge is 0.346 e. The standard InChI is InChI=1S/C20H20N2O7/c1-13(19(23)21-8-7-14-5-3-2-4-6-14)29-20(24)15-11-17-18(28-10-9-27-17)12-16(15)22(25)26/h2-6,11-13H,7-10H2,1H3,(H,21,23)/t13-/m1/s1. The van der Waals surface area contributed by atoms with Crippen LogP contribution >= 0.6 is 0 Å². The lowest BCUT2D eigenvalue weighted by atomic mass is 10.1. The Morgan fingerprint density at radius 2 is 1.83 bits per heavy atom. The molecule has 0 saturated heterocycles. The number of nitro groups is 1. The molecule has 1 aliphatic rings. The summed E-state index contributed by atoms with van der Waals surface area (Å²) < 4.78 is 15.8. The highest BCUT2D eigenvalue weighted by atomic mass is 16.6. The summed E-state index contributed by atoms with van der Waals surface area (Å²) in [6.07, 6.45) is -0.493. The number of carbonyl (C=O) groups is 2. The number of benzene rings is 2. The van der Waals surface area contributed by atoms with E-state index in [1.165, 1.54) is 13.0 Å². The van der Waals surface area contributed by atoms with Crippen molar-refractivity contribution < 1.29 is 28.7 Å². The number of fused-ring (bicyclic) bond motifs is 1. The molecule has 0 aromatic heterocycles. The van der Waals surface area contributed by atoms with Crippen molar-refractivity contribution in [3.8, 4) is 11.5 Å². The van der Waals surface area contributed by atoms with Crippen molar-refractivity contribution in [1.29, 1.82) is 0 Å². The van der Waals surface area contributed by atoms with Crippen LogP contribution < -0.4 is 14.8 Å². The zero-order chi connectivity index (χ0) is 20.8. The lowest BCUT2D eigenvalue weighted by Gasteiger charge is -2.19. The van der Waals surface area contributed by atoms with Crippen molar-refractivity contribution in [3.05, 3.63) is 63.7 Å². The van der Waals surface area contributed by atoms with Gasteiger partial charge >= 0.3 is 5.97 Å². The van der Waals surface area contributed by atoms with E-state index in [1.807, 2.05) is 30.3 Å². The molecule has 2 aromatic rings. The normalized spacial score (nSPS) is 13.3. The van der Waals surface area contributed by atoms with E-state index in [0.717, 1.165) is 11.6 Å². The predicted molar refractivity (Wildman–Crippen MR) is 102 cm³/mol. The van der Waals surface area contributed by atoms with Gasteiger partial charge in [-0.3, -0.25) is 14.9 Å². The van der Waals surface area contributed by atoms with Crippen LogP contribution in [-0.2, 0) is 16.0 Å². The van der Waals surface area contributed by atoms with Crippen LogP contribution in [0.2, 0.25) is 0 Å². The van der Waals surface area contributed by atoms with Gasteiger partial charge < -0.3 is 19.5 Å². The molecule has 1 amide bonds. The molecule has 1 aliphatic heterocycles. The van der Waals surface area contributed by atoms with Crippen molar-refractivity contribution in [1.82, 2.24) is 5.32 Å². The number of hydrogen-bond acceptors (Lipinski definition) is 7. The van der Waals surface area contributed by atoms with E-state index >= 15 is 0 Å². The average molecular weight is 400 g/mol. The summed E-state index contributed by atoms with van der Waals surface area (Å²) in [4.78, 5) is 35.3. The van der Waals surface area contributed by atoms with Crippen molar-refractivity contribution in [3.63, 3.8) is 0 Å². The monoisotopic (exact) mass is 400 g/mol. The molecule has 0 bridgehead atoms. The molecule has 9 nitrogen and oxygen atoms in total. The van der Waals surface area contributed by atoms with Gasteiger partial charge in [0.25, 0.3) is 11.6 Å². The molecule has 29 heavy (non-hydrogen) atoms. The first-order chi connectivity index (χ1) is 14.0. The van der Waals surface area contributed by atoms with Crippen molar-refractivity contribution >= 4 is 17.6 Å². The van der Waals surface area contributed by atoms with Crippen LogP contribution in [0.15, 0.2) is 42.5 Å². The third-order valence-electron chi connectivity index (χ3n) is 4.29. The highest BCUT2D eigenvalue weighted by molar-refractivity contribution is 5.96. The Kier molecular flexibility index (Phi) is 6.28. The molecular formula is C20H20N2O7. The average Bonchev–Trinajstić information content (AvgIpc) is 2.73. The molecule has 0 aliphatic carbocycles. The van der Waals surface area contributed by atoms with Crippen LogP contribution in [0.1, 0.15) is 22.8 Å². The van der Waals surface area contributed by atoms with Crippen LogP contribution in [0.3, 0.4) is 0 Å². The van der Waals surface area contributed by atoms with Crippen LogP contribution in [0.25, 0.3) is 0 Å². The zero-order valence-corrected chi connectivity index (χ0v) is 15.8. The fraction of sp³-hybridized carbons (Fsp3) is 0.300. The molecule has 9 heteroatoms. The molecule has 1 heterocycles. The Morgan fingerprint density at radius 1 is 1.17 bits per heavy atom. The van der Waals surface area contributed by atoms with Crippen LogP contribution in [-0.4, -0.2) is 42.7 Å². The van der Waals surface area contributed by atoms with Crippen molar-refractivity contribution in [2.75, 3.05) is 19.8 Å². The second-order valence-corrected chi connectivity index (χ2v) is 6.34. The zero-order valence-electron chi connectivity index (χ0n) is 15.8. The topological polar surface area (TPSA) is 117 Å². The SMILES string of the molecule is C[C@@H](OC(=O)c1cc2c(cc1[N+](=O)[O-])OCCO2)C(=O)NCCc1ccccc1. The van der Waals surface area contributed by atoms with E-state index in [1.54, 1.807) is 0 Å².